The number of rotatable bonds is 1. The Morgan fingerprint density at radius 1 is 0.462 bits per heavy atom. The summed E-state index contributed by atoms with van der Waals surface area (Å²) in [5, 5.41) is 22.7. The molecule has 6 rings (SSSR count). The lowest BCUT2D eigenvalue weighted by Crippen LogP contribution is -1.94. The van der Waals surface area contributed by atoms with E-state index in [-0.39, 0.29) is 6.61 Å². The molecule has 0 aromatic heterocycles. The minimum atomic E-state index is 0.0482. The highest BCUT2D eigenvalue weighted by Crippen LogP contribution is 2.44. The van der Waals surface area contributed by atoms with Crippen LogP contribution in [0, 0.1) is 0 Å². The van der Waals surface area contributed by atoms with Crippen molar-refractivity contribution < 1.29 is 5.11 Å². The summed E-state index contributed by atoms with van der Waals surface area (Å²) in [7, 11) is 0. The predicted octanol–water partition coefficient (Wildman–Crippen LogP) is 6.38. The molecule has 1 heteroatoms. The number of fused-ring (bicyclic) bond motifs is 4. The molecule has 0 bridgehead atoms. The van der Waals surface area contributed by atoms with E-state index in [2.05, 4.69) is 78.9 Å². The van der Waals surface area contributed by atoms with Crippen LogP contribution in [0.2, 0.25) is 0 Å². The van der Waals surface area contributed by atoms with Crippen LogP contribution >= 0.6 is 0 Å². The highest BCUT2D eigenvalue weighted by molar-refractivity contribution is 6.38. The van der Waals surface area contributed by atoms with Crippen molar-refractivity contribution in [1.82, 2.24) is 0 Å². The van der Waals surface area contributed by atoms with Crippen molar-refractivity contribution >= 4 is 53.9 Å². The van der Waals surface area contributed by atoms with Crippen LogP contribution in [0.15, 0.2) is 78.9 Å². The molecule has 0 saturated heterocycles. The molecule has 1 nitrogen and oxygen atoms in total. The summed E-state index contributed by atoms with van der Waals surface area (Å²) < 4.78 is 0. The molecule has 122 valence electrons. The number of hydrogen-bond acceptors (Lipinski definition) is 1. The molecule has 0 radical (unpaired) electrons. The zero-order chi connectivity index (χ0) is 17.3. The van der Waals surface area contributed by atoms with E-state index in [4.69, 9.17) is 0 Å². The van der Waals surface area contributed by atoms with E-state index in [1.165, 1.54) is 43.1 Å². The molecule has 0 aliphatic carbocycles. The minimum absolute atomic E-state index is 0.0482. The van der Waals surface area contributed by atoms with Gasteiger partial charge in [0.1, 0.15) is 0 Å². The van der Waals surface area contributed by atoms with E-state index >= 15 is 0 Å². The van der Waals surface area contributed by atoms with Gasteiger partial charge in [-0.15, -0.1) is 0 Å². The Bertz CT molecular complexity index is 1450. The second-order valence-electron chi connectivity index (χ2n) is 6.99. The minimum Gasteiger partial charge on any atom is -0.392 e. The fourth-order valence-electron chi connectivity index (χ4n) is 4.77. The number of benzene rings is 6. The molecule has 0 atom stereocenters. The third kappa shape index (κ3) is 1.59. The molecule has 6 aromatic rings. The quantitative estimate of drug-likeness (QED) is 0.273. The Hall–Kier alpha value is -3.16. The van der Waals surface area contributed by atoms with Gasteiger partial charge < -0.3 is 5.11 Å². The molecule has 0 fully saturated rings. The van der Waals surface area contributed by atoms with Gasteiger partial charge in [-0.3, -0.25) is 0 Å². The van der Waals surface area contributed by atoms with Gasteiger partial charge in [0.2, 0.25) is 0 Å². The highest BCUT2D eigenvalue weighted by atomic mass is 16.3. The van der Waals surface area contributed by atoms with Crippen LogP contribution in [0.1, 0.15) is 5.56 Å². The van der Waals surface area contributed by atoms with Crippen LogP contribution in [0.4, 0.5) is 0 Å². The van der Waals surface area contributed by atoms with Crippen LogP contribution < -0.4 is 0 Å². The van der Waals surface area contributed by atoms with E-state index in [9.17, 15) is 5.11 Å². The summed E-state index contributed by atoms with van der Waals surface area (Å²) in [6, 6.07) is 28.1. The zero-order valence-corrected chi connectivity index (χ0v) is 14.2. The summed E-state index contributed by atoms with van der Waals surface area (Å²) in [6.45, 7) is 0.0482. The Morgan fingerprint density at radius 3 is 1.73 bits per heavy atom. The summed E-state index contributed by atoms with van der Waals surface area (Å²) in [6.07, 6.45) is 0. The van der Waals surface area contributed by atoms with E-state index in [1.54, 1.807) is 0 Å². The molecule has 26 heavy (non-hydrogen) atoms. The molecule has 1 N–H and O–H groups in total. The van der Waals surface area contributed by atoms with Crippen LogP contribution in [-0.2, 0) is 6.61 Å². The topological polar surface area (TPSA) is 20.2 Å². The maximum Gasteiger partial charge on any atom is 0.0693 e. The molecular formula is C25H16O. The third-order valence-corrected chi connectivity index (χ3v) is 5.78. The molecule has 0 amide bonds. The van der Waals surface area contributed by atoms with E-state index in [0.29, 0.717) is 0 Å². The predicted molar refractivity (Wildman–Crippen MR) is 111 cm³/mol. The van der Waals surface area contributed by atoms with Gasteiger partial charge in [-0.1, -0.05) is 78.9 Å². The Kier molecular flexibility index (Phi) is 2.67. The first-order chi connectivity index (χ1) is 12.9. The first kappa shape index (κ1) is 14.1. The number of hydrogen-bond donors (Lipinski definition) is 1. The third-order valence-electron chi connectivity index (χ3n) is 5.78. The van der Waals surface area contributed by atoms with Crippen molar-refractivity contribution in [1.29, 1.82) is 0 Å². The first-order valence-electron chi connectivity index (χ1n) is 8.98. The lowest BCUT2D eigenvalue weighted by atomic mass is 9.85. The van der Waals surface area contributed by atoms with Crippen molar-refractivity contribution in [3.05, 3.63) is 84.4 Å². The molecule has 0 aliphatic heterocycles. The summed E-state index contributed by atoms with van der Waals surface area (Å²) >= 11 is 0. The van der Waals surface area contributed by atoms with E-state index in [1.807, 2.05) is 0 Å². The van der Waals surface area contributed by atoms with E-state index < -0.39 is 0 Å². The van der Waals surface area contributed by atoms with Crippen molar-refractivity contribution in [3.8, 4) is 0 Å². The van der Waals surface area contributed by atoms with Gasteiger partial charge in [0.05, 0.1) is 6.61 Å². The van der Waals surface area contributed by atoms with Gasteiger partial charge in [-0.25, -0.2) is 0 Å². The Balaban J connectivity index is 2.12. The van der Waals surface area contributed by atoms with Crippen LogP contribution in [0.5, 0.6) is 0 Å². The van der Waals surface area contributed by atoms with Gasteiger partial charge in [0.25, 0.3) is 0 Å². The van der Waals surface area contributed by atoms with E-state index in [0.717, 1.165) is 16.3 Å². The fraction of sp³-hybridized carbons (Fsp3) is 0.0400. The van der Waals surface area contributed by atoms with Gasteiger partial charge in [0.15, 0.2) is 0 Å². The molecule has 0 saturated carbocycles. The highest BCUT2D eigenvalue weighted by Gasteiger charge is 2.17. The molecule has 0 unspecified atom stereocenters. The van der Waals surface area contributed by atoms with Crippen molar-refractivity contribution in [3.63, 3.8) is 0 Å². The lowest BCUT2D eigenvalue weighted by molar-refractivity contribution is 0.285. The van der Waals surface area contributed by atoms with Crippen LogP contribution in [0.3, 0.4) is 0 Å². The van der Waals surface area contributed by atoms with Gasteiger partial charge in [-0.2, -0.15) is 0 Å². The van der Waals surface area contributed by atoms with Crippen LogP contribution in [-0.4, -0.2) is 5.11 Å². The standard InChI is InChI=1S/C25H16O/c26-14-22-16-8-1-2-9-17(16)25-21-13-4-7-15-6-3-10-18(23(15)21)19-11-5-12-20(22)24(19)25/h1-13,26H,14H2. The van der Waals surface area contributed by atoms with Gasteiger partial charge in [-0.05, 0) is 59.4 Å². The average molecular weight is 332 g/mol. The van der Waals surface area contributed by atoms with Crippen molar-refractivity contribution in [2.45, 2.75) is 6.61 Å². The summed E-state index contributed by atoms with van der Waals surface area (Å²) in [4.78, 5) is 0. The number of aliphatic hydroxyl groups is 1. The second kappa shape index (κ2) is 4.94. The van der Waals surface area contributed by atoms with Gasteiger partial charge in [0, 0.05) is 0 Å². The maximum atomic E-state index is 10.2. The van der Waals surface area contributed by atoms with Crippen molar-refractivity contribution in [2.24, 2.45) is 0 Å². The normalized spacial score (nSPS) is 12.2. The first-order valence-corrected chi connectivity index (χ1v) is 8.98. The average Bonchev–Trinajstić information content (AvgIpc) is 2.70. The van der Waals surface area contributed by atoms with Gasteiger partial charge >= 0.3 is 0 Å². The van der Waals surface area contributed by atoms with Crippen LogP contribution in [0.25, 0.3) is 53.9 Å². The smallest absolute Gasteiger partial charge is 0.0693 e. The van der Waals surface area contributed by atoms with Crippen molar-refractivity contribution in [2.75, 3.05) is 0 Å². The zero-order valence-electron chi connectivity index (χ0n) is 14.2. The molecule has 6 aromatic carbocycles. The monoisotopic (exact) mass is 332 g/mol. The fourth-order valence-corrected chi connectivity index (χ4v) is 4.77. The molecule has 0 aliphatic rings. The molecular weight excluding hydrogens is 316 g/mol. The second-order valence-corrected chi connectivity index (χ2v) is 6.99. The SMILES string of the molecule is OCc1c2ccccc2c2c3cccc4cccc(c5cccc1c52)c43. The molecule has 0 spiro atoms. The summed E-state index contributed by atoms with van der Waals surface area (Å²) in [5.74, 6) is 0. The Morgan fingerprint density at radius 2 is 0.962 bits per heavy atom. The number of aliphatic hydroxyl groups excluding tert-OH is 1. The Labute approximate surface area is 150 Å². The molecule has 0 heterocycles. The lowest BCUT2D eigenvalue weighted by Gasteiger charge is -2.18. The largest absolute Gasteiger partial charge is 0.392 e. The summed E-state index contributed by atoms with van der Waals surface area (Å²) in [5.41, 5.74) is 1.02. The maximum absolute atomic E-state index is 10.2.